The molecule has 1 aliphatic rings. The molecule has 1 saturated heterocycles. The number of hydrogen-bond acceptors (Lipinski definition) is 2. The molecular formula is C21H41NO2Sn. The molecule has 1 fully saturated rings. The van der Waals surface area contributed by atoms with Gasteiger partial charge in [0, 0.05) is 0 Å². The average Bonchev–Trinajstić information content (AvgIpc) is 2.94. The van der Waals surface area contributed by atoms with Gasteiger partial charge in [0.2, 0.25) is 0 Å². The van der Waals surface area contributed by atoms with E-state index in [0.29, 0.717) is 19.4 Å². The number of amides is 1. The molecule has 0 saturated carbocycles. The van der Waals surface area contributed by atoms with Gasteiger partial charge in [0.25, 0.3) is 0 Å². The molecule has 1 unspecified atom stereocenters. The van der Waals surface area contributed by atoms with E-state index < -0.39 is 24.6 Å². The van der Waals surface area contributed by atoms with Crippen LogP contribution in [0.2, 0.25) is 17.7 Å². The number of hydrogen-bond donors (Lipinski definition) is 1. The quantitative estimate of drug-likeness (QED) is 0.267. The number of nitrogens with zero attached hydrogens (tertiary/aromatic N) is 1. The molecule has 0 aliphatic carbocycles. The Kier molecular flexibility index (Phi) is 12.1. The van der Waals surface area contributed by atoms with Crippen molar-refractivity contribution in [3.8, 4) is 0 Å². The molecule has 0 aromatic heterocycles. The molecule has 0 aromatic carbocycles. The number of unbranched alkanes of at least 4 members (excludes halogenated alkanes) is 3. The van der Waals surface area contributed by atoms with Gasteiger partial charge in [0.05, 0.1) is 0 Å². The number of aliphatic hydroxyl groups is 1. The molecule has 0 spiro atoms. The van der Waals surface area contributed by atoms with E-state index in [1.807, 2.05) is 0 Å². The van der Waals surface area contributed by atoms with Crippen molar-refractivity contribution in [1.29, 1.82) is 0 Å². The van der Waals surface area contributed by atoms with Crippen molar-refractivity contribution in [2.24, 2.45) is 0 Å². The Balaban J connectivity index is 2.54. The fraction of sp³-hybridized carbons (Fsp3) is 0.857. The van der Waals surface area contributed by atoms with Gasteiger partial charge < -0.3 is 0 Å². The van der Waals surface area contributed by atoms with Gasteiger partial charge in [-0.05, 0) is 0 Å². The Bertz CT molecular complexity index is 376. The SMILES string of the molecule is CCC[CH2][Sn]([CH2]/C=C\CCN1C(=O)CCC1O)([CH2]CCC)[CH2]CCC. The Hall–Kier alpha value is -0.0313. The summed E-state index contributed by atoms with van der Waals surface area (Å²) < 4.78 is 6.04. The molecule has 4 heteroatoms. The summed E-state index contributed by atoms with van der Waals surface area (Å²) in [6.07, 6.45) is 14.4. The molecule has 0 bridgehead atoms. The molecule has 1 N–H and O–H groups in total. The summed E-state index contributed by atoms with van der Waals surface area (Å²) >= 11 is -2.03. The summed E-state index contributed by atoms with van der Waals surface area (Å²) in [6, 6.07) is 0. The van der Waals surface area contributed by atoms with E-state index in [9.17, 15) is 9.90 Å². The van der Waals surface area contributed by atoms with Gasteiger partial charge in [-0.3, -0.25) is 0 Å². The van der Waals surface area contributed by atoms with Crippen LogP contribution in [0.25, 0.3) is 0 Å². The minimum atomic E-state index is -2.03. The first-order chi connectivity index (χ1) is 12.1. The van der Waals surface area contributed by atoms with Crippen LogP contribution in [0.3, 0.4) is 0 Å². The van der Waals surface area contributed by atoms with E-state index in [-0.39, 0.29) is 5.91 Å². The van der Waals surface area contributed by atoms with Gasteiger partial charge in [-0.25, -0.2) is 0 Å². The normalized spacial score (nSPS) is 18.6. The third-order valence-corrected chi connectivity index (χ3v) is 21.0. The zero-order chi connectivity index (χ0) is 18.5. The summed E-state index contributed by atoms with van der Waals surface area (Å²) in [4.78, 5) is 13.4. The van der Waals surface area contributed by atoms with Crippen molar-refractivity contribution in [1.82, 2.24) is 4.90 Å². The van der Waals surface area contributed by atoms with Crippen LogP contribution in [-0.2, 0) is 4.79 Å². The molecule has 146 valence electrons. The monoisotopic (exact) mass is 459 g/mol. The first-order valence-corrected chi connectivity index (χ1v) is 18.8. The minimum absolute atomic E-state index is 0.114. The van der Waals surface area contributed by atoms with Gasteiger partial charge in [-0.15, -0.1) is 0 Å². The van der Waals surface area contributed by atoms with Gasteiger partial charge in [0.15, 0.2) is 0 Å². The van der Waals surface area contributed by atoms with Crippen LogP contribution in [0.5, 0.6) is 0 Å². The Morgan fingerprint density at radius 2 is 1.60 bits per heavy atom. The third-order valence-electron chi connectivity index (χ3n) is 5.73. The number of likely N-dealkylation sites (tertiary alicyclic amines) is 1. The Morgan fingerprint density at radius 1 is 1.04 bits per heavy atom. The molecule has 1 aliphatic heterocycles. The molecule has 1 heterocycles. The zero-order valence-electron chi connectivity index (χ0n) is 16.9. The number of aliphatic hydroxyl groups excluding tert-OH is 1. The first kappa shape index (κ1) is 23.0. The van der Waals surface area contributed by atoms with Crippen LogP contribution in [0.4, 0.5) is 0 Å². The van der Waals surface area contributed by atoms with Crippen molar-refractivity contribution in [3.05, 3.63) is 12.2 Å². The van der Waals surface area contributed by atoms with E-state index in [2.05, 4.69) is 32.9 Å². The van der Waals surface area contributed by atoms with Crippen LogP contribution in [-0.4, -0.2) is 47.1 Å². The molecule has 25 heavy (non-hydrogen) atoms. The van der Waals surface area contributed by atoms with Gasteiger partial charge in [-0.2, -0.15) is 0 Å². The van der Waals surface area contributed by atoms with Crippen molar-refractivity contribution in [2.45, 2.75) is 103 Å². The van der Waals surface area contributed by atoms with Crippen molar-refractivity contribution in [3.63, 3.8) is 0 Å². The van der Waals surface area contributed by atoms with E-state index in [1.54, 1.807) is 18.2 Å². The number of rotatable bonds is 14. The molecular weight excluding hydrogens is 417 g/mol. The Morgan fingerprint density at radius 3 is 2.04 bits per heavy atom. The second-order valence-corrected chi connectivity index (χ2v) is 21.9. The van der Waals surface area contributed by atoms with Crippen molar-refractivity contribution < 1.29 is 9.90 Å². The van der Waals surface area contributed by atoms with Gasteiger partial charge in [-0.1, -0.05) is 0 Å². The summed E-state index contributed by atoms with van der Waals surface area (Å²) in [7, 11) is 0. The first-order valence-electron chi connectivity index (χ1n) is 10.7. The van der Waals surface area contributed by atoms with E-state index in [0.717, 1.165) is 6.42 Å². The third kappa shape index (κ3) is 8.46. The molecule has 0 radical (unpaired) electrons. The molecule has 1 rings (SSSR count). The molecule has 0 aromatic rings. The zero-order valence-corrected chi connectivity index (χ0v) is 19.8. The summed E-state index contributed by atoms with van der Waals surface area (Å²) in [6.45, 7) is 7.65. The summed E-state index contributed by atoms with van der Waals surface area (Å²) in [5.41, 5.74) is 0. The second kappa shape index (κ2) is 13.2. The predicted octanol–water partition coefficient (Wildman–Crippen LogP) is 5.72. The fourth-order valence-corrected chi connectivity index (χ4v) is 19.2. The number of allylic oxidation sites excluding steroid dienone is 1. The van der Waals surface area contributed by atoms with E-state index in [1.165, 1.54) is 43.0 Å². The van der Waals surface area contributed by atoms with E-state index in [4.69, 9.17) is 0 Å². The average molecular weight is 458 g/mol. The molecule has 1 amide bonds. The summed E-state index contributed by atoms with van der Waals surface area (Å²) in [5.74, 6) is 0.114. The Labute approximate surface area is 160 Å². The molecule has 1 atom stereocenters. The van der Waals surface area contributed by atoms with Gasteiger partial charge in [0.1, 0.15) is 0 Å². The number of carbonyl (C=O) groups excluding carboxylic acids is 1. The van der Waals surface area contributed by atoms with Crippen molar-refractivity contribution >= 4 is 24.3 Å². The number of carbonyl (C=O) groups is 1. The van der Waals surface area contributed by atoms with Crippen LogP contribution in [0.1, 0.15) is 78.6 Å². The van der Waals surface area contributed by atoms with Crippen LogP contribution in [0.15, 0.2) is 12.2 Å². The van der Waals surface area contributed by atoms with Crippen LogP contribution < -0.4 is 0 Å². The topological polar surface area (TPSA) is 40.5 Å². The fourth-order valence-electron chi connectivity index (χ4n) is 3.99. The maximum absolute atomic E-state index is 11.7. The van der Waals surface area contributed by atoms with E-state index >= 15 is 0 Å². The van der Waals surface area contributed by atoms with Crippen LogP contribution in [0, 0.1) is 0 Å². The predicted molar refractivity (Wildman–Crippen MR) is 110 cm³/mol. The standard InChI is InChI=1S/C9H14NO2.3C4H9.Sn/c1-2-3-4-7-10-8(11)5-6-9(10)12;3*1-3-4-2;/h2-3,8,11H,1,4-7H2;3*1,3-4H2,2H3;/b3-2-;;;;. The molecule has 3 nitrogen and oxygen atoms in total. The van der Waals surface area contributed by atoms with Crippen molar-refractivity contribution in [2.75, 3.05) is 6.54 Å². The second-order valence-electron chi connectivity index (χ2n) is 7.88. The van der Waals surface area contributed by atoms with Crippen LogP contribution >= 0.6 is 0 Å². The van der Waals surface area contributed by atoms with Gasteiger partial charge >= 0.3 is 160 Å². The summed E-state index contributed by atoms with van der Waals surface area (Å²) in [5, 5.41) is 9.83. The maximum atomic E-state index is 11.7.